The molecule has 0 unspecified atom stereocenters. The molecule has 0 bridgehead atoms. The molecule has 0 saturated carbocycles. The van der Waals surface area contributed by atoms with E-state index >= 15 is 0 Å². The fourth-order valence-corrected chi connectivity index (χ4v) is 4.11. The average molecular weight is 299 g/mol. The first-order valence-corrected chi connectivity index (χ1v) is 8.20. The summed E-state index contributed by atoms with van der Waals surface area (Å²) in [6, 6.07) is 6.14. The van der Waals surface area contributed by atoms with Crippen molar-refractivity contribution < 1.29 is 4.79 Å². The molecule has 0 radical (unpaired) electrons. The van der Waals surface area contributed by atoms with E-state index in [1.54, 1.807) is 11.3 Å². The molecule has 4 rings (SSSR count). The number of anilines is 1. The van der Waals surface area contributed by atoms with Crippen molar-refractivity contribution in [3.05, 3.63) is 46.9 Å². The Hall–Kier alpha value is -1.72. The summed E-state index contributed by atoms with van der Waals surface area (Å²) in [5.41, 5.74) is 2.34. The topological polar surface area (TPSA) is 36.4 Å². The van der Waals surface area contributed by atoms with E-state index in [4.69, 9.17) is 0 Å². The maximum absolute atomic E-state index is 12.6. The number of likely N-dealkylation sites (tertiary alicyclic amines) is 1. The van der Waals surface area contributed by atoms with E-state index in [1.807, 2.05) is 40.9 Å². The van der Waals surface area contributed by atoms with Crippen molar-refractivity contribution in [2.24, 2.45) is 11.8 Å². The highest BCUT2D eigenvalue weighted by Gasteiger charge is 2.46. The van der Waals surface area contributed by atoms with Crippen molar-refractivity contribution >= 4 is 22.9 Å². The monoisotopic (exact) mass is 299 g/mol. The summed E-state index contributed by atoms with van der Waals surface area (Å²) >= 11 is 1.65. The Morgan fingerprint density at radius 3 is 2.76 bits per heavy atom. The van der Waals surface area contributed by atoms with Gasteiger partial charge in [0.2, 0.25) is 5.91 Å². The first kappa shape index (κ1) is 13.0. The van der Waals surface area contributed by atoms with Crippen molar-refractivity contribution in [2.75, 3.05) is 24.5 Å². The molecule has 108 valence electrons. The molecule has 5 heteroatoms. The van der Waals surface area contributed by atoms with Gasteiger partial charge in [0, 0.05) is 49.9 Å². The highest BCUT2D eigenvalue weighted by Crippen LogP contribution is 2.36. The van der Waals surface area contributed by atoms with Crippen LogP contribution in [0, 0.1) is 11.8 Å². The predicted octanol–water partition coefficient (Wildman–Crippen LogP) is 2.24. The van der Waals surface area contributed by atoms with Crippen LogP contribution < -0.4 is 4.90 Å². The number of aromatic nitrogens is 1. The fraction of sp³-hybridized carbons (Fsp3) is 0.375. The molecule has 4 nitrogen and oxygen atoms in total. The largest absolute Gasteiger partial charge is 0.311 e. The molecule has 2 aliphatic rings. The molecular formula is C16H17N3OS. The van der Waals surface area contributed by atoms with Crippen LogP contribution in [0.15, 0.2) is 41.4 Å². The number of rotatable bonds is 3. The van der Waals surface area contributed by atoms with Crippen LogP contribution in [0.4, 0.5) is 5.69 Å². The van der Waals surface area contributed by atoms with Gasteiger partial charge in [-0.15, -0.1) is 0 Å². The van der Waals surface area contributed by atoms with Crippen LogP contribution in [0.3, 0.4) is 0 Å². The first-order chi connectivity index (χ1) is 10.3. The lowest BCUT2D eigenvalue weighted by atomic mass is 10.0. The lowest BCUT2D eigenvalue weighted by molar-refractivity contribution is -0.120. The molecule has 2 aromatic rings. The number of fused-ring (bicyclic) bond motifs is 1. The average Bonchev–Trinajstić information content (AvgIpc) is 3.19. The Balaban J connectivity index is 1.44. The van der Waals surface area contributed by atoms with Gasteiger partial charge in [0.05, 0.1) is 11.6 Å². The van der Waals surface area contributed by atoms with Gasteiger partial charge < -0.3 is 4.90 Å². The van der Waals surface area contributed by atoms with Gasteiger partial charge in [-0.1, -0.05) is 0 Å². The van der Waals surface area contributed by atoms with Gasteiger partial charge in [0.15, 0.2) is 0 Å². The smallest absolute Gasteiger partial charge is 0.231 e. The van der Waals surface area contributed by atoms with Crippen LogP contribution in [0.5, 0.6) is 0 Å². The second-order valence-electron chi connectivity index (χ2n) is 5.85. The molecule has 1 amide bonds. The molecule has 2 atom stereocenters. The third kappa shape index (κ3) is 2.36. The fourth-order valence-electron chi connectivity index (χ4n) is 3.47. The number of amides is 1. The van der Waals surface area contributed by atoms with E-state index in [1.165, 1.54) is 5.56 Å². The second kappa shape index (κ2) is 5.24. The van der Waals surface area contributed by atoms with Gasteiger partial charge >= 0.3 is 0 Å². The summed E-state index contributed by atoms with van der Waals surface area (Å²) in [6.45, 7) is 3.68. The standard InChI is InChI=1S/C16H17N3OS/c20-16-15-10-18(7-12-1-4-17-5-2-12)8-13(15)9-19(16)14-3-6-21-11-14/h1-6,11,13,15H,7-10H2/t13-,15-/m0/s1. The Morgan fingerprint density at radius 1 is 1.19 bits per heavy atom. The number of carbonyl (C=O) groups is 1. The van der Waals surface area contributed by atoms with Gasteiger partial charge in [-0.05, 0) is 29.1 Å². The molecule has 0 aliphatic carbocycles. The lowest BCUT2D eigenvalue weighted by Gasteiger charge is -2.20. The molecule has 4 heterocycles. The quantitative estimate of drug-likeness (QED) is 0.872. The molecule has 21 heavy (non-hydrogen) atoms. The minimum absolute atomic E-state index is 0.173. The summed E-state index contributed by atoms with van der Waals surface area (Å²) in [7, 11) is 0. The van der Waals surface area contributed by atoms with E-state index in [0.717, 1.165) is 31.9 Å². The summed E-state index contributed by atoms with van der Waals surface area (Å²) < 4.78 is 0. The van der Waals surface area contributed by atoms with Gasteiger partial charge in [-0.3, -0.25) is 14.7 Å². The van der Waals surface area contributed by atoms with Gasteiger partial charge in [-0.2, -0.15) is 11.3 Å². The van der Waals surface area contributed by atoms with Crippen LogP contribution >= 0.6 is 11.3 Å². The summed E-state index contributed by atoms with van der Waals surface area (Å²) in [4.78, 5) is 21.0. The Labute approximate surface area is 128 Å². The molecule has 0 aromatic carbocycles. The molecule has 0 N–H and O–H groups in total. The van der Waals surface area contributed by atoms with E-state index in [-0.39, 0.29) is 5.92 Å². The summed E-state index contributed by atoms with van der Waals surface area (Å²) in [5.74, 6) is 0.946. The Morgan fingerprint density at radius 2 is 2.05 bits per heavy atom. The number of pyridine rings is 1. The molecule has 2 aromatic heterocycles. The number of hydrogen-bond donors (Lipinski definition) is 0. The Bertz CT molecular complexity index is 628. The van der Waals surface area contributed by atoms with Crippen molar-refractivity contribution in [2.45, 2.75) is 6.54 Å². The Kier molecular flexibility index (Phi) is 3.24. The van der Waals surface area contributed by atoms with E-state index in [0.29, 0.717) is 11.8 Å². The normalized spacial score (nSPS) is 25.5. The zero-order valence-electron chi connectivity index (χ0n) is 11.7. The highest BCUT2D eigenvalue weighted by atomic mass is 32.1. The first-order valence-electron chi connectivity index (χ1n) is 7.26. The van der Waals surface area contributed by atoms with Crippen LogP contribution in [0.25, 0.3) is 0 Å². The summed E-state index contributed by atoms with van der Waals surface area (Å²) in [5, 5.41) is 4.10. The van der Waals surface area contributed by atoms with Crippen molar-refractivity contribution in [1.82, 2.24) is 9.88 Å². The van der Waals surface area contributed by atoms with Crippen molar-refractivity contribution in [1.29, 1.82) is 0 Å². The van der Waals surface area contributed by atoms with E-state index in [2.05, 4.69) is 15.3 Å². The molecule has 2 saturated heterocycles. The zero-order chi connectivity index (χ0) is 14.2. The molecule has 0 spiro atoms. The van der Waals surface area contributed by atoms with E-state index in [9.17, 15) is 4.79 Å². The van der Waals surface area contributed by atoms with Gasteiger partial charge in [0.1, 0.15) is 0 Å². The van der Waals surface area contributed by atoms with Crippen LogP contribution in [-0.2, 0) is 11.3 Å². The maximum atomic E-state index is 12.6. The number of thiophene rings is 1. The van der Waals surface area contributed by atoms with Crippen LogP contribution in [0.2, 0.25) is 0 Å². The number of carbonyl (C=O) groups excluding carboxylic acids is 1. The molecule has 2 aliphatic heterocycles. The van der Waals surface area contributed by atoms with E-state index < -0.39 is 0 Å². The SMILES string of the molecule is O=C1[C@H]2CN(Cc3ccncc3)C[C@H]2CN1c1ccsc1. The number of hydrogen-bond acceptors (Lipinski definition) is 4. The maximum Gasteiger partial charge on any atom is 0.231 e. The second-order valence-corrected chi connectivity index (χ2v) is 6.63. The van der Waals surface area contributed by atoms with Crippen LogP contribution in [-0.4, -0.2) is 35.4 Å². The van der Waals surface area contributed by atoms with Gasteiger partial charge in [-0.25, -0.2) is 0 Å². The molecular weight excluding hydrogens is 282 g/mol. The minimum Gasteiger partial charge on any atom is -0.311 e. The highest BCUT2D eigenvalue weighted by molar-refractivity contribution is 7.08. The zero-order valence-corrected chi connectivity index (χ0v) is 12.5. The van der Waals surface area contributed by atoms with Crippen molar-refractivity contribution in [3.63, 3.8) is 0 Å². The summed E-state index contributed by atoms with van der Waals surface area (Å²) in [6.07, 6.45) is 3.66. The van der Waals surface area contributed by atoms with Gasteiger partial charge in [0.25, 0.3) is 0 Å². The van der Waals surface area contributed by atoms with Crippen LogP contribution in [0.1, 0.15) is 5.56 Å². The number of nitrogens with zero attached hydrogens (tertiary/aromatic N) is 3. The lowest BCUT2D eigenvalue weighted by Crippen LogP contribution is -2.32. The minimum atomic E-state index is 0.173. The third-order valence-corrected chi connectivity index (χ3v) is 5.16. The molecule has 2 fully saturated rings. The third-order valence-electron chi connectivity index (χ3n) is 4.49. The van der Waals surface area contributed by atoms with Crippen molar-refractivity contribution in [3.8, 4) is 0 Å². The predicted molar refractivity (Wildman–Crippen MR) is 83.2 cm³/mol.